The number of rotatable bonds is 2. The van der Waals surface area contributed by atoms with Gasteiger partial charge in [0.2, 0.25) is 0 Å². The SMILES string of the molecule is CCC1CN(C(=O)OC(C)(C)C)CCN1C1CNC1. The number of ether oxygens (including phenoxy) is 1. The second-order valence-electron chi connectivity index (χ2n) is 6.54. The summed E-state index contributed by atoms with van der Waals surface area (Å²) in [6.45, 7) is 12.7. The van der Waals surface area contributed by atoms with E-state index in [9.17, 15) is 4.79 Å². The van der Waals surface area contributed by atoms with Gasteiger partial charge in [-0.3, -0.25) is 4.90 Å². The van der Waals surface area contributed by atoms with Crippen LogP contribution in [-0.4, -0.2) is 66.3 Å². The Morgan fingerprint density at radius 1 is 1.32 bits per heavy atom. The third kappa shape index (κ3) is 3.60. The largest absolute Gasteiger partial charge is 0.444 e. The summed E-state index contributed by atoms with van der Waals surface area (Å²) in [5.74, 6) is 0. The van der Waals surface area contributed by atoms with Gasteiger partial charge in [-0.05, 0) is 27.2 Å². The lowest BCUT2D eigenvalue weighted by molar-refractivity contribution is -0.0115. The first kappa shape index (κ1) is 14.6. The van der Waals surface area contributed by atoms with Gasteiger partial charge in [0, 0.05) is 44.8 Å². The van der Waals surface area contributed by atoms with E-state index in [2.05, 4.69) is 17.1 Å². The zero-order valence-electron chi connectivity index (χ0n) is 12.6. The first-order valence-corrected chi connectivity index (χ1v) is 7.35. The summed E-state index contributed by atoms with van der Waals surface area (Å²) in [7, 11) is 0. The molecule has 110 valence electrons. The van der Waals surface area contributed by atoms with Crippen molar-refractivity contribution in [1.29, 1.82) is 0 Å². The van der Waals surface area contributed by atoms with Gasteiger partial charge in [-0.25, -0.2) is 4.79 Å². The van der Waals surface area contributed by atoms with E-state index in [1.807, 2.05) is 25.7 Å². The number of amides is 1. The molecule has 5 nitrogen and oxygen atoms in total. The van der Waals surface area contributed by atoms with Crippen LogP contribution >= 0.6 is 0 Å². The molecule has 0 saturated carbocycles. The summed E-state index contributed by atoms with van der Waals surface area (Å²) >= 11 is 0. The minimum atomic E-state index is -0.409. The summed E-state index contributed by atoms with van der Waals surface area (Å²) in [6, 6.07) is 1.12. The van der Waals surface area contributed by atoms with Crippen LogP contribution in [-0.2, 0) is 4.74 Å². The molecule has 19 heavy (non-hydrogen) atoms. The maximum Gasteiger partial charge on any atom is 0.410 e. The van der Waals surface area contributed by atoms with Crippen LogP contribution < -0.4 is 5.32 Å². The zero-order valence-corrected chi connectivity index (χ0v) is 12.6. The smallest absolute Gasteiger partial charge is 0.410 e. The molecule has 2 rings (SSSR count). The molecule has 2 saturated heterocycles. The second kappa shape index (κ2) is 5.67. The Balaban J connectivity index is 1.90. The van der Waals surface area contributed by atoms with Crippen molar-refractivity contribution in [3.05, 3.63) is 0 Å². The minimum Gasteiger partial charge on any atom is -0.444 e. The average molecular weight is 269 g/mol. The lowest BCUT2D eigenvalue weighted by Crippen LogP contribution is -2.65. The van der Waals surface area contributed by atoms with Gasteiger partial charge in [0.25, 0.3) is 0 Å². The highest BCUT2D eigenvalue weighted by molar-refractivity contribution is 5.68. The maximum absolute atomic E-state index is 12.1. The number of nitrogens with one attached hydrogen (secondary N) is 1. The molecule has 1 N–H and O–H groups in total. The molecule has 5 heteroatoms. The van der Waals surface area contributed by atoms with E-state index in [0.717, 1.165) is 39.1 Å². The first-order chi connectivity index (χ1) is 8.90. The van der Waals surface area contributed by atoms with E-state index in [-0.39, 0.29) is 6.09 Å². The van der Waals surface area contributed by atoms with E-state index < -0.39 is 5.60 Å². The highest BCUT2D eigenvalue weighted by Crippen LogP contribution is 2.20. The van der Waals surface area contributed by atoms with E-state index in [1.54, 1.807) is 0 Å². The summed E-state index contributed by atoms with van der Waals surface area (Å²) < 4.78 is 5.46. The van der Waals surface area contributed by atoms with Gasteiger partial charge in [0.05, 0.1) is 0 Å². The normalized spacial score (nSPS) is 26.1. The Bertz CT molecular complexity index is 323. The number of hydrogen-bond acceptors (Lipinski definition) is 4. The quantitative estimate of drug-likeness (QED) is 0.820. The molecule has 0 aliphatic carbocycles. The molecular weight excluding hydrogens is 242 g/mol. The van der Waals surface area contributed by atoms with Crippen molar-refractivity contribution >= 4 is 6.09 Å². The van der Waals surface area contributed by atoms with Crippen LogP contribution in [0.5, 0.6) is 0 Å². The molecule has 0 aromatic carbocycles. The van der Waals surface area contributed by atoms with Gasteiger partial charge in [-0.15, -0.1) is 0 Å². The van der Waals surface area contributed by atoms with Crippen molar-refractivity contribution in [2.75, 3.05) is 32.7 Å². The van der Waals surface area contributed by atoms with Gasteiger partial charge in [0.1, 0.15) is 5.60 Å². The summed E-state index contributed by atoms with van der Waals surface area (Å²) in [5.41, 5.74) is -0.409. The highest BCUT2D eigenvalue weighted by atomic mass is 16.6. The van der Waals surface area contributed by atoms with Gasteiger partial charge in [-0.1, -0.05) is 6.92 Å². The third-order valence-corrected chi connectivity index (χ3v) is 3.88. The molecule has 0 spiro atoms. The number of carbonyl (C=O) groups excluding carboxylic acids is 1. The summed E-state index contributed by atoms with van der Waals surface area (Å²) in [6.07, 6.45) is 0.910. The van der Waals surface area contributed by atoms with E-state index in [4.69, 9.17) is 4.74 Å². The van der Waals surface area contributed by atoms with Crippen molar-refractivity contribution in [3.63, 3.8) is 0 Å². The molecule has 2 aliphatic heterocycles. The van der Waals surface area contributed by atoms with Crippen LogP contribution in [0, 0.1) is 0 Å². The Kier molecular flexibility index (Phi) is 4.36. The van der Waals surface area contributed by atoms with Gasteiger partial charge in [-0.2, -0.15) is 0 Å². The molecule has 1 amide bonds. The van der Waals surface area contributed by atoms with Crippen LogP contribution in [0.15, 0.2) is 0 Å². The van der Waals surface area contributed by atoms with Crippen molar-refractivity contribution in [3.8, 4) is 0 Å². The topological polar surface area (TPSA) is 44.8 Å². The molecule has 0 radical (unpaired) electrons. The fourth-order valence-corrected chi connectivity index (χ4v) is 2.71. The minimum absolute atomic E-state index is 0.169. The van der Waals surface area contributed by atoms with Gasteiger partial charge in [0.15, 0.2) is 0 Å². The number of carbonyl (C=O) groups is 1. The number of piperazine rings is 1. The van der Waals surface area contributed by atoms with E-state index >= 15 is 0 Å². The number of hydrogen-bond donors (Lipinski definition) is 1. The lowest BCUT2D eigenvalue weighted by atomic mass is 10.0. The molecule has 2 heterocycles. The molecule has 0 aromatic rings. The standard InChI is InChI=1S/C14H27N3O2/c1-5-11-10-16(13(18)19-14(2,3)4)6-7-17(11)12-8-15-9-12/h11-12,15H,5-10H2,1-4H3. The Morgan fingerprint density at radius 3 is 2.47 bits per heavy atom. The monoisotopic (exact) mass is 269 g/mol. The van der Waals surface area contributed by atoms with E-state index in [1.165, 1.54) is 0 Å². The van der Waals surface area contributed by atoms with Crippen molar-refractivity contribution in [1.82, 2.24) is 15.1 Å². The predicted molar refractivity (Wildman–Crippen MR) is 75.2 cm³/mol. The van der Waals surface area contributed by atoms with Crippen LogP contribution in [0.2, 0.25) is 0 Å². The molecule has 0 bridgehead atoms. The Hall–Kier alpha value is -0.810. The lowest BCUT2D eigenvalue weighted by Gasteiger charge is -2.48. The zero-order chi connectivity index (χ0) is 14.0. The van der Waals surface area contributed by atoms with Crippen LogP contribution in [0.4, 0.5) is 4.79 Å². The molecule has 2 fully saturated rings. The van der Waals surface area contributed by atoms with Crippen LogP contribution in [0.1, 0.15) is 34.1 Å². The van der Waals surface area contributed by atoms with Gasteiger partial charge < -0.3 is 15.0 Å². The maximum atomic E-state index is 12.1. The van der Waals surface area contributed by atoms with Gasteiger partial charge >= 0.3 is 6.09 Å². The molecule has 0 aromatic heterocycles. The fraction of sp³-hybridized carbons (Fsp3) is 0.929. The van der Waals surface area contributed by atoms with Crippen LogP contribution in [0.3, 0.4) is 0 Å². The molecule has 1 atom stereocenters. The van der Waals surface area contributed by atoms with Crippen molar-refractivity contribution in [2.45, 2.75) is 51.8 Å². The molecule has 1 unspecified atom stereocenters. The predicted octanol–water partition coefficient (Wildman–Crippen LogP) is 1.29. The molecule has 2 aliphatic rings. The second-order valence-corrected chi connectivity index (χ2v) is 6.54. The van der Waals surface area contributed by atoms with E-state index in [0.29, 0.717) is 12.1 Å². The summed E-state index contributed by atoms with van der Waals surface area (Å²) in [5, 5.41) is 3.32. The fourth-order valence-electron chi connectivity index (χ4n) is 2.71. The highest BCUT2D eigenvalue weighted by Gasteiger charge is 2.36. The average Bonchev–Trinajstić information content (AvgIpc) is 2.24. The molecular formula is C14H27N3O2. The third-order valence-electron chi connectivity index (χ3n) is 3.88. The summed E-state index contributed by atoms with van der Waals surface area (Å²) in [4.78, 5) is 16.5. The van der Waals surface area contributed by atoms with Crippen LogP contribution in [0.25, 0.3) is 0 Å². The van der Waals surface area contributed by atoms with Crippen molar-refractivity contribution < 1.29 is 9.53 Å². The Morgan fingerprint density at radius 2 is 2.00 bits per heavy atom. The van der Waals surface area contributed by atoms with Crippen molar-refractivity contribution in [2.24, 2.45) is 0 Å². The first-order valence-electron chi connectivity index (χ1n) is 7.35. The number of nitrogens with zero attached hydrogens (tertiary/aromatic N) is 2. The Labute approximate surface area is 116 Å².